The zero-order valence-electron chi connectivity index (χ0n) is 33.1. The fourth-order valence-electron chi connectivity index (χ4n) is 7.31. The molecule has 1 aromatic carbocycles. The normalized spacial score (nSPS) is 18.3. The summed E-state index contributed by atoms with van der Waals surface area (Å²) in [5, 5.41) is 6.56. The maximum atomic E-state index is 14.2. The molecule has 0 unspecified atom stereocenters. The lowest BCUT2D eigenvalue weighted by molar-refractivity contribution is -0.148. The Kier molecular flexibility index (Phi) is 17.0. The minimum absolute atomic E-state index is 0.000871. The highest BCUT2D eigenvalue weighted by atomic mass is 35.5. The van der Waals surface area contributed by atoms with E-state index in [0.717, 1.165) is 24.0 Å². The molecule has 0 aliphatic carbocycles. The van der Waals surface area contributed by atoms with Gasteiger partial charge in [-0.05, 0) is 48.8 Å². The van der Waals surface area contributed by atoms with Crippen molar-refractivity contribution >= 4 is 41.1 Å². The maximum Gasteiger partial charge on any atom is 0.328 e. The lowest BCUT2D eigenvalue weighted by atomic mass is 9.89. The number of ether oxygens (including phenoxy) is 3. The minimum Gasteiger partial charge on any atom is -0.467 e. The number of benzene rings is 1. The van der Waals surface area contributed by atoms with E-state index in [9.17, 15) is 19.2 Å². The number of likely N-dealkylation sites (N-methyl/N-ethyl adjacent to an activating group) is 1. The van der Waals surface area contributed by atoms with E-state index in [1.54, 1.807) is 43.1 Å². The molecule has 13 heteroatoms. The van der Waals surface area contributed by atoms with Crippen LogP contribution in [0.25, 0.3) is 0 Å². The van der Waals surface area contributed by atoms with Gasteiger partial charge in [0, 0.05) is 40.4 Å². The van der Waals surface area contributed by atoms with Gasteiger partial charge in [-0.2, -0.15) is 0 Å². The molecule has 1 aliphatic heterocycles. The molecule has 2 heterocycles. The average Bonchev–Trinajstić information content (AvgIpc) is 3.63. The lowest BCUT2D eigenvalue weighted by Gasteiger charge is -2.41. The lowest BCUT2D eigenvalue weighted by Crippen LogP contribution is -2.56. The molecule has 3 amide bonds. The molecule has 53 heavy (non-hydrogen) atoms. The number of esters is 1. The predicted molar refractivity (Wildman–Crippen MR) is 206 cm³/mol. The van der Waals surface area contributed by atoms with Gasteiger partial charge >= 0.3 is 5.97 Å². The number of carbonyl (C=O) groups is 4. The molecule has 3 rings (SSSR count). The van der Waals surface area contributed by atoms with E-state index < -0.39 is 42.2 Å². The molecule has 1 aromatic heterocycles. The van der Waals surface area contributed by atoms with Gasteiger partial charge in [0.2, 0.25) is 17.7 Å². The third kappa shape index (κ3) is 11.4. The van der Waals surface area contributed by atoms with Gasteiger partial charge in [0.05, 0.1) is 48.8 Å². The summed E-state index contributed by atoms with van der Waals surface area (Å²) in [6, 6.07) is 8.89. The van der Waals surface area contributed by atoms with Crippen molar-refractivity contribution in [2.45, 2.75) is 110 Å². The van der Waals surface area contributed by atoms with Gasteiger partial charge in [-0.3, -0.25) is 14.4 Å². The summed E-state index contributed by atoms with van der Waals surface area (Å²) in [7, 11) is 6.16. The summed E-state index contributed by atoms with van der Waals surface area (Å²) >= 11 is 6.48. The predicted octanol–water partition coefficient (Wildman–Crippen LogP) is 5.30. The Labute approximate surface area is 320 Å². The van der Waals surface area contributed by atoms with Crippen molar-refractivity contribution in [2.24, 2.45) is 17.8 Å². The highest BCUT2D eigenvalue weighted by Gasteiger charge is 2.43. The van der Waals surface area contributed by atoms with Gasteiger partial charge in [0.25, 0.3) is 0 Å². The standard InChI is InChI=1S/C40H60ClN5O7/c1-11-26(5)35(45(7)39(49)34(24(2)3)44-37-29(41)20-25(4)23-42-37)32(51-8)22-33(47)46-19-15-18-31(46)36(52-9)27(6)38(48)43-30(40(50)53-10)21-28-16-13-12-14-17-28/h12-14,16-17,20,23-24,26-27,30-32,34-36H,11,15,18-19,21-22H2,1-10H3,(H,42,44)(H,43,48)/t26-,27+,30-,31-,32+,34-,35-,36+/m0/s1. The molecular weight excluding hydrogens is 698 g/mol. The molecule has 0 radical (unpaired) electrons. The van der Waals surface area contributed by atoms with Crippen molar-refractivity contribution in [1.82, 2.24) is 20.1 Å². The van der Waals surface area contributed by atoms with Crippen molar-refractivity contribution < 1.29 is 33.4 Å². The quantitative estimate of drug-likeness (QED) is 0.183. The highest BCUT2D eigenvalue weighted by Crippen LogP contribution is 2.30. The second kappa shape index (κ2) is 20.6. The van der Waals surface area contributed by atoms with E-state index in [-0.39, 0.29) is 48.4 Å². The number of aryl methyl sites for hydroxylation is 1. The molecule has 294 valence electrons. The summed E-state index contributed by atoms with van der Waals surface area (Å²) in [6.07, 6.45) is 2.90. The number of methoxy groups -OCH3 is 3. The number of pyridine rings is 1. The number of halogens is 1. The SMILES string of the molecule is CC[C@H](C)[C@@H]([C@@H](CC(=O)N1CCC[C@H]1[C@H](OC)[C@@H](C)C(=O)N[C@@H](Cc1ccccc1)C(=O)OC)OC)N(C)C(=O)[C@@H](Nc1ncc(C)cc1Cl)C(C)C. The number of nitrogens with zero attached hydrogens (tertiary/aromatic N) is 3. The Balaban J connectivity index is 1.79. The first-order valence-corrected chi connectivity index (χ1v) is 19.0. The molecular formula is C40H60ClN5O7. The fourth-order valence-corrected chi connectivity index (χ4v) is 7.59. The Morgan fingerprint density at radius 2 is 1.74 bits per heavy atom. The van der Waals surface area contributed by atoms with Gasteiger partial charge < -0.3 is 34.6 Å². The van der Waals surface area contributed by atoms with Crippen LogP contribution in [-0.2, 0) is 39.8 Å². The molecule has 1 fully saturated rings. The van der Waals surface area contributed by atoms with Crippen LogP contribution in [-0.4, -0.2) is 110 Å². The first kappa shape index (κ1) is 43.7. The number of hydrogen-bond acceptors (Lipinski definition) is 9. The van der Waals surface area contributed by atoms with E-state index in [4.69, 9.17) is 25.8 Å². The number of carbonyl (C=O) groups excluding carboxylic acids is 4. The van der Waals surface area contributed by atoms with Crippen molar-refractivity contribution in [3.8, 4) is 0 Å². The second-order valence-corrected chi connectivity index (χ2v) is 15.0. The summed E-state index contributed by atoms with van der Waals surface area (Å²) in [5.41, 5.74) is 1.79. The highest BCUT2D eigenvalue weighted by molar-refractivity contribution is 6.33. The molecule has 8 atom stereocenters. The molecule has 0 saturated carbocycles. The topological polar surface area (TPSA) is 139 Å². The number of nitrogens with one attached hydrogen (secondary N) is 2. The van der Waals surface area contributed by atoms with Gasteiger partial charge in [-0.25, -0.2) is 9.78 Å². The smallest absolute Gasteiger partial charge is 0.328 e. The van der Waals surface area contributed by atoms with Crippen LogP contribution in [0.3, 0.4) is 0 Å². The fraction of sp³-hybridized carbons (Fsp3) is 0.625. The summed E-state index contributed by atoms with van der Waals surface area (Å²) in [6.45, 7) is 12.2. The zero-order chi connectivity index (χ0) is 39.4. The van der Waals surface area contributed by atoms with Crippen LogP contribution in [0.5, 0.6) is 0 Å². The van der Waals surface area contributed by atoms with Gasteiger partial charge in [-0.1, -0.05) is 83.0 Å². The Morgan fingerprint density at radius 1 is 1.06 bits per heavy atom. The third-order valence-electron chi connectivity index (χ3n) is 10.5. The number of likely N-dealkylation sites (tertiary alicyclic amines) is 1. The van der Waals surface area contributed by atoms with Gasteiger partial charge in [0.1, 0.15) is 17.9 Å². The van der Waals surface area contributed by atoms with E-state index in [1.807, 2.05) is 51.1 Å². The summed E-state index contributed by atoms with van der Waals surface area (Å²) in [5.74, 6) is -1.57. The Morgan fingerprint density at radius 3 is 2.30 bits per heavy atom. The molecule has 0 bridgehead atoms. The number of rotatable bonds is 19. The molecule has 2 N–H and O–H groups in total. The van der Waals surface area contributed by atoms with E-state index in [2.05, 4.69) is 29.5 Å². The van der Waals surface area contributed by atoms with Crippen molar-refractivity contribution in [3.05, 3.63) is 58.7 Å². The van der Waals surface area contributed by atoms with Crippen LogP contribution in [0.2, 0.25) is 5.02 Å². The van der Waals surface area contributed by atoms with Gasteiger partial charge in [0.15, 0.2) is 0 Å². The second-order valence-electron chi connectivity index (χ2n) is 14.6. The molecule has 12 nitrogen and oxygen atoms in total. The largest absolute Gasteiger partial charge is 0.467 e. The molecule has 0 spiro atoms. The molecule has 1 aliphatic rings. The summed E-state index contributed by atoms with van der Waals surface area (Å²) in [4.78, 5) is 62.6. The monoisotopic (exact) mass is 757 g/mol. The van der Waals surface area contributed by atoms with E-state index >= 15 is 0 Å². The first-order valence-electron chi connectivity index (χ1n) is 18.6. The number of anilines is 1. The van der Waals surface area contributed by atoms with Crippen LogP contribution in [0.1, 0.15) is 71.4 Å². The van der Waals surface area contributed by atoms with Crippen molar-refractivity contribution in [3.63, 3.8) is 0 Å². The van der Waals surface area contributed by atoms with Crippen LogP contribution < -0.4 is 10.6 Å². The van der Waals surface area contributed by atoms with Crippen LogP contribution in [0.15, 0.2) is 42.6 Å². The Bertz CT molecular complexity index is 1510. The van der Waals surface area contributed by atoms with E-state index in [1.165, 1.54) is 14.2 Å². The minimum atomic E-state index is -0.883. The Hall–Kier alpha value is -3.74. The van der Waals surface area contributed by atoms with Gasteiger partial charge in [-0.15, -0.1) is 0 Å². The summed E-state index contributed by atoms with van der Waals surface area (Å²) < 4.78 is 16.9. The van der Waals surface area contributed by atoms with Crippen LogP contribution in [0, 0.1) is 24.7 Å². The van der Waals surface area contributed by atoms with Crippen molar-refractivity contribution in [1.29, 1.82) is 0 Å². The average molecular weight is 758 g/mol. The third-order valence-corrected chi connectivity index (χ3v) is 10.8. The zero-order valence-corrected chi connectivity index (χ0v) is 33.8. The van der Waals surface area contributed by atoms with Crippen LogP contribution >= 0.6 is 11.6 Å². The first-order chi connectivity index (χ1) is 25.2. The van der Waals surface area contributed by atoms with Crippen molar-refractivity contribution in [2.75, 3.05) is 40.2 Å². The molecule has 1 saturated heterocycles. The maximum absolute atomic E-state index is 14.2. The molecule has 2 aromatic rings. The number of hydrogen-bond donors (Lipinski definition) is 2. The van der Waals surface area contributed by atoms with E-state index in [0.29, 0.717) is 23.8 Å². The van der Waals surface area contributed by atoms with Crippen LogP contribution in [0.4, 0.5) is 5.82 Å². The number of aromatic nitrogens is 1. The number of amides is 3.